The van der Waals surface area contributed by atoms with E-state index in [9.17, 15) is 14.1 Å². The van der Waals surface area contributed by atoms with E-state index in [1.807, 2.05) is 30.3 Å². The summed E-state index contributed by atoms with van der Waals surface area (Å²) in [7, 11) is -3.72. The molecule has 6 rings (SSSR count). The number of nitrogen functional groups attached to an aromatic ring is 1. The van der Waals surface area contributed by atoms with Crippen LogP contribution in [0, 0.1) is 5.82 Å². The van der Waals surface area contributed by atoms with Crippen LogP contribution in [0.15, 0.2) is 60.9 Å². The normalized spacial score (nSPS) is 27.8. The van der Waals surface area contributed by atoms with Crippen LogP contribution in [0.25, 0.3) is 22.6 Å². The second-order valence-electron chi connectivity index (χ2n) is 8.48. The summed E-state index contributed by atoms with van der Waals surface area (Å²) >= 11 is 0. The smallest absolute Gasteiger partial charge is 0.386 e. The van der Waals surface area contributed by atoms with E-state index in [0.717, 1.165) is 5.56 Å². The molecule has 0 amide bonds. The van der Waals surface area contributed by atoms with E-state index >= 15 is 0 Å². The van der Waals surface area contributed by atoms with Gasteiger partial charge in [-0.2, -0.15) is 0 Å². The molecule has 2 saturated heterocycles. The second-order valence-corrected chi connectivity index (χ2v) is 10.3. The predicted octanol–water partition coefficient (Wildman–Crippen LogP) is 2.79. The first-order valence-electron chi connectivity index (χ1n) is 11.2. The highest BCUT2D eigenvalue weighted by molar-refractivity contribution is 7.51. The van der Waals surface area contributed by atoms with Gasteiger partial charge in [-0.3, -0.25) is 13.6 Å². The molecule has 13 heteroatoms. The molecule has 0 radical (unpaired) electrons. The number of hydrogen-bond acceptors (Lipinski definition) is 9. The van der Waals surface area contributed by atoms with Crippen LogP contribution in [-0.4, -0.2) is 49.5 Å². The van der Waals surface area contributed by atoms with E-state index in [4.69, 9.17) is 19.5 Å². The topological polar surface area (TPSA) is 147 Å². The molecule has 0 aliphatic carbocycles. The Balaban J connectivity index is 1.32. The standard InChI is InChI=1S/C23H22FN6O5P/c24-15-8-6-14(7-9-15)21-29-17-20(25)26-12-27-22(17)30(21)23-18(31)19-16(34-23)11-33-36(32,35-19)28-10-13-4-2-1-3-5-13/h1-9,12,16,18-19,23,31H,10-11H2,(H,28,32)(H2,25,26,27). The van der Waals surface area contributed by atoms with Crippen molar-refractivity contribution in [2.45, 2.75) is 31.1 Å². The molecule has 2 fully saturated rings. The van der Waals surface area contributed by atoms with Crippen LogP contribution in [0.5, 0.6) is 0 Å². The monoisotopic (exact) mass is 512 g/mol. The summed E-state index contributed by atoms with van der Waals surface area (Å²) in [5, 5.41) is 14.1. The number of nitrogens with one attached hydrogen (secondary N) is 1. The number of imidazole rings is 1. The Morgan fingerprint density at radius 2 is 1.94 bits per heavy atom. The molecule has 0 spiro atoms. The highest BCUT2D eigenvalue weighted by Gasteiger charge is 2.53. The van der Waals surface area contributed by atoms with E-state index in [1.165, 1.54) is 18.5 Å². The Morgan fingerprint density at radius 1 is 1.17 bits per heavy atom. The van der Waals surface area contributed by atoms with Gasteiger partial charge in [-0.25, -0.2) is 29.0 Å². The molecule has 36 heavy (non-hydrogen) atoms. The third-order valence-corrected chi connectivity index (χ3v) is 7.72. The molecule has 4 aromatic rings. The molecule has 186 valence electrons. The summed E-state index contributed by atoms with van der Waals surface area (Å²) in [5.74, 6) is 0.0700. The Kier molecular flexibility index (Phi) is 5.79. The van der Waals surface area contributed by atoms with Crippen LogP contribution in [0.1, 0.15) is 11.8 Å². The van der Waals surface area contributed by atoms with Gasteiger partial charge in [-0.05, 0) is 29.8 Å². The first-order valence-corrected chi connectivity index (χ1v) is 12.8. The Bertz CT molecular complexity index is 1450. The first-order chi connectivity index (χ1) is 17.4. The number of ether oxygens (including phenoxy) is 1. The molecular formula is C23H22FN6O5P. The highest BCUT2D eigenvalue weighted by Crippen LogP contribution is 2.53. The number of aromatic nitrogens is 4. The van der Waals surface area contributed by atoms with E-state index in [-0.39, 0.29) is 19.0 Å². The average molecular weight is 512 g/mol. The van der Waals surface area contributed by atoms with Gasteiger partial charge in [-0.15, -0.1) is 0 Å². The van der Waals surface area contributed by atoms with Crippen molar-refractivity contribution in [3.05, 3.63) is 72.3 Å². The number of aliphatic hydroxyl groups is 1. The van der Waals surface area contributed by atoms with Gasteiger partial charge < -0.3 is 15.6 Å². The molecule has 4 N–H and O–H groups in total. The molecule has 5 unspecified atom stereocenters. The summed E-state index contributed by atoms with van der Waals surface area (Å²) in [5.41, 5.74) is 8.09. The van der Waals surface area contributed by atoms with E-state index in [2.05, 4.69) is 20.0 Å². The molecule has 0 bridgehead atoms. The Labute approximate surface area is 204 Å². The van der Waals surface area contributed by atoms with Gasteiger partial charge in [0.25, 0.3) is 0 Å². The van der Waals surface area contributed by atoms with Crippen LogP contribution in [0.4, 0.5) is 10.2 Å². The number of halogens is 1. The molecule has 4 heterocycles. The third-order valence-electron chi connectivity index (χ3n) is 6.16. The van der Waals surface area contributed by atoms with Crippen LogP contribution in [0.3, 0.4) is 0 Å². The van der Waals surface area contributed by atoms with Gasteiger partial charge in [0, 0.05) is 12.1 Å². The van der Waals surface area contributed by atoms with Crippen LogP contribution < -0.4 is 10.8 Å². The fraction of sp³-hybridized carbons (Fsp3) is 0.261. The predicted molar refractivity (Wildman–Crippen MR) is 127 cm³/mol. The summed E-state index contributed by atoms with van der Waals surface area (Å²) in [6.07, 6.45) is -2.65. The second kappa shape index (κ2) is 9.00. The minimum atomic E-state index is -3.72. The van der Waals surface area contributed by atoms with Crippen LogP contribution in [-0.2, 0) is 24.9 Å². The van der Waals surface area contributed by atoms with Gasteiger partial charge in [0.2, 0.25) is 0 Å². The Hall–Kier alpha value is -3.25. The molecule has 2 aliphatic rings. The number of anilines is 1. The highest BCUT2D eigenvalue weighted by atomic mass is 31.2. The lowest BCUT2D eigenvalue weighted by molar-refractivity contribution is -0.0590. The average Bonchev–Trinajstić information content (AvgIpc) is 3.42. The molecule has 2 aromatic heterocycles. The number of hydrogen-bond donors (Lipinski definition) is 3. The summed E-state index contributed by atoms with van der Waals surface area (Å²) < 4.78 is 45.8. The van der Waals surface area contributed by atoms with Crippen molar-refractivity contribution in [2.75, 3.05) is 12.3 Å². The van der Waals surface area contributed by atoms with Crippen molar-refractivity contribution < 1.29 is 27.8 Å². The zero-order valence-corrected chi connectivity index (χ0v) is 19.7. The number of nitrogens with zero attached hydrogens (tertiary/aromatic N) is 4. The van der Waals surface area contributed by atoms with Crippen molar-refractivity contribution in [3.63, 3.8) is 0 Å². The lowest BCUT2D eigenvalue weighted by atomic mass is 10.1. The van der Waals surface area contributed by atoms with Gasteiger partial charge in [0.1, 0.15) is 36.3 Å². The third kappa shape index (κ3) is 4.07. The molecule has 2 aromatic carbocycles. The van der Waals surface area contributed by atoms with Gasteiger partial charge in [0.15, 0.2) is 23.2 Å². The molecule has 2 aliphatic heterocycles. The van der Waals surface area contributed by atoms with Crippen LogP contribution >= 0.6 is 7.75 Å². The zero-order valence-electron chi connectivity index (χ0n) is 18.8. The molecule has 0 saturated carbocycles. The van der Waals surface area contributed by atoms with Gasteiger partial charge in [-0.1, -0.05) is 30.3 Å². The fourth-order valence-corrected chi connectivity index (χ4v) is 5.92. The number of benzene rings is 2. The van der Waals surface area contributed by atoms with Crippen LogP contribution in [0.2, 0.25) is 0 Å². The molecular weight excluding hydrogens is 490 g/mol. The lowest BCUT2D eigenvalue weighted by Gasteiger charge is -2.31. The number of rotatable bonds is 5. The lowest BCUT2D eigenvalue weighted by Crippen LogP contribution is -2.41. The maximum atomic E-state index is 13.6. The van der Waals surface area contributed by atoms with Crippen molar-refractivity contribution in [1.29, 1.82) is 0 Å². The largest absolute Gasteiger partial charge is 0.406 e. The van der Waals surface area contributed by atoms with Crippen molar-refractivity contribution in [1.82, 2.24) is 24.6 Å². The fourth-order valence-electron chi connectivity index (χ4n) is 4.40. The minimum Gasteiger partial charge on any atom is -0.386 e. The van der Waals surface area contributed by atoms with Crippen molar-refractivity contribution >= 4 is 24.7 Å². The number of fused-ring (bicyclic) bond motifs is 2. The number of aliphatic hydroxyl groups excluding tert-OH is 1. The van der Waals surface area contributed by atoms with Gasteiger partial charge in [0.05, 0.1) is 6.61 Å². The molecule has 5 atom stereocenters. The maximum absolute atomic E-state index is 13.6. The SMILES string of the molecule is Nc1ncnc2c1nc(-c1ccc(F)cc1)n2C1OC2COP(=O)(NCc3ccccc3)OC2C1O. The molecule has 11 nitrogen and oxygen atoms in total. The first kappa shape index (κ1) is 23.2. The summed E-state index contributed by atoms with van der Waals surface area (Å²) in [6.45, 7) is 0.194. The quantitative estimate of drug-likeness (QED) is 0.341. The summed E-state index contributed by atoms with van der Waals surface area (Å²) in [4.78, 5) is 12.8. The van der Waals surface area contributed by atoms with E-state index < -0.39 is 38.1 Å². The minimum absolute atomic E-state index is 0.0626. The van der Waals surface area contributed by atoms with E-state index in [1.54, 1.807) is 16.7 Å². The van der Waals surface area contributed by atoms with Crippen molar-refractivity contribution in [3.8, 4) is 11.4 Å². The van der Waals surface area contributed by atoms with E-state index in [0.29, 0.717) is 22.6 Å². The number of nitrogens with two attached hydrogens (primary N) is 1. The summed E-state index contributed by atoms with van der Waals surface area (Å²) in [6, 6.07) is 15.1. The Morgan fingerprint density at radius 3 is 2.72 bits per heavy atom. The maximum Gasteiger partial charge on any atom is 0.406 e. The van der Waals surface area contributed by atoms with Crippen molar-refractivity contribution in [2.24, 2.45) is 0 Å². The zero-order chi connectivity index (χ0) is 24.9. The van der Waals surface area contributed by atoms with Gasteiger partial charge >= 0.3 is 7.75 Å².